The molecule has 0 saturated heterocycles. The van der Waals surface area contributed by atoms with Crippen molar-refractivity contribution in [1.29, 1.82) is 0 Å². The number of anilines is 1. The number of rotatable bonds is 8. The van der Waals surface area contributed by atoms with Crippen LogP contribution in [0.5, 0.6) is 0 Å². The zero-order valence-corrected chi connectivity index (χ0v) is 11.8. The van der Waals surface area contributed by atoms with Gasteiger partial charge in [0.1, 0.15) is 0 Å². The number of hydrogen-bond acceptors (Lipinski definition) is 4. The van der Waals surface area contributed by atoms with Gasteiger partial charge < -0.3 is 14.7 Å². The molecule has 5 nitrogen and oxygen atoms in total. The Bertz CT molecular complexity index is 405. The van der Waals surface area contributed by atoms with E-state index >= 15 is 0 Å². The smallest absolute Gasteiger partial charge is 0.356 e. The van der Waals surface area contributed by atoms with E-state index in [1.165, 1.54) is 6.20 Å². The molecule has 1 heterocycles. The number of carboxylic acids is 1. The second kappa shape index (κ2) is 7.74. The molecule has 1 aromatic rings. The largest absolute Gasteiger partial charge is 0.476 e. The maximum Gasteiger partial charge on any atom is 0.356 e. The number of methoxy groups -OCH3 is 1. The van der Waals surface area contributed by atoms with Gasteiger partial charge in [-0.1, -0.05) is 13.8 Å². The summed E-state index contributed by atoms with van der Waals surface area (Å²) in [6.45, 7) is 5.43. The lowest BCUT2D eigenvalue weighted by molar-refractivity contribution is 0.0691. The average molecular weight is 266 g/mol. The summed E-state index contributed by atoms with van der Waals surface area (Å²) in [5, 5.41) is 9.25. The van der Waals surface area contributed by atoms with Crippen LogP contribution in [0.15, 0.2) is 18.3 Å². The van der Waals surface area contributed by atoms with E-state index in [4.69, 9.17) is 4.74 Å². The maximum atomic E-state index is 11.3. The third kappa shape index (κ3) is 3.92. The number of ether oxygens (including phenoxy) is 1. The van der Waals surface area contributed by atoms with Crippen molar-refractivity contribution in [3.05, 3.63) is 24.0 Å². The molecule has 0 aromatic carbocycles. The molecule has 0 radical (unpaired) electrons. The minimum atomic E-state index is -0.996. The Kier molecular flexibility index (Phi) is 6.29. The molecule has 0 aliphatic carbocycles. The van der Waals surface area contributed by atoms with Crippen LogP contribution < -0.4 is 4.90 Å². The minimum absolute atomic E-state index is 0.102. The molecule has 0 saturated carbocycles. The van der Waals surface area contributed by atoms with Gasteiger partial charge >= 0.3 is 5.97 Å². The Hall–Kier alpha value is -1.62. The van der Waals surface area contributed by atoms with Gasteiger partial charge in [0.2, 0.25) is 0 Å². The lowest BCUT2D eigenvalue weighted by atomic mass is 10.1. The van der Waals surface area contributed by atoms with Crippen molar-refractivity contribution in [2.45, 2.75) is 32.7 Å². The van der Waals surface area contributed by atoms with Crippen LogP contribution >= 0.6 is 0 Å². The first-order valence-corrected chi connectivity index (χ1v) is 6.59. The Morgan fingerprint density at radius 2 is 2.16 bits per heavy atom. The monoisotopic (exact) mass is 266 g/mol. The highest BCUT2D eigenvalue weighted by Crippen LogP contribution is 2.23. The molecular formula is C14H22N2O3. The van der Waals surface area contributed by atoms with E-state index in [0.717, 1.165) is 12.8 Å². The highest BCUT2D eigenvalue weighted by Gasteiger charge is 2.21. The van der Waals surface area contributed by atoms with Crippen LogP contribution in [0.2, 0.25) is 0 Å². The first kappa shape index (κ1) is 15.4. The van der Waals surface area contributed by atoms with Crippen molar-refractivity contribution >= 4 is 11.7 Å². The molecule has 0 spiro atoms. The molecule has 0 aliphatic rings. The summed E-state index contributed by atoms with van der Waals surface area (Å²) in [4.78, 5) is 17.3. The van der Waals surface area contributed by atoms with E-state index in [9.17, 15) is 9.90 Å². The van der Waals surface area contributed by atoms with Gasteiger partial charge in [-0.25, -0.2) is 9.78 Å². The summed E-state index contributed by atoms with van der Waals surface area (Å²) in [5.41, 5.74) is 0.770. The molecule has 0 unspecified atom stereocenters. The van der Waals surface area contributed by atoms with Gasteiger partial charge in [0.05, 0.1) is 12.3 Å². The topological polar surface area (TPSA) is 62.7 Å². The van der Waals surface area contributed by atoms with Gasteiger partial charge in [0.15, 0.2) is 5.69 Å². The molecule has 19 heavy (non-hydrogen) atoms. The lowest BCUT2D eigenvalue weighted by Crippen LogP contribution is -2.38. The third-order valence-corrected chi connectivity index (χ3v) is 3.22. The van der Waals surface area contributed by atoms with Crippen molar-refractivity contribution in [3.63, 3.8) is 0 Å². The predicted molar refractivity (Wildman–Crippen MR) is 74.8 cm³/mol. The molecule has 0 amide bonds. The van der Waals surface area contributed by atoms with E-state index in [0.29, 0.717) is 18.8 Å². The predicted octanol–water partition coefficient (Wildman–Crippen LogP) is 2.42. The number of pyridine rings is 1. The highest BCUT2D eigenvalue weighted by atomic mass is 16.5. The van der Waals surface area contributed by atoms with Gasteiger partial charge in [-0.2, -0.15) is 0 Å². The van der Waals surface area contributed by atoms with Crippen molar-refractivity contribution in [3.8, 4) is 0 Å². The first-order valence-electron chi connectivity index (χ1n) is 6.59. The van der Waals surface area contributed by atoms with Gasteiger partial charge in [0.25, 0.3) is 0 Å². The quantitative estimate of drug-likeness (QED) is 0.783. The van der Waals surface area contributed by atoms with Crippen LogP contribution in [-0.4, -0.2) is 42.4 Å². The summed E-state index contributed by atoms with van der Waals surface area (Å²) in [6.07, 6.45) is 3.41. The molecule has 1 rings (SSSR count). The van der Waals surface area contributed by atoms with E-state index in [-0.39, 0.29) is 11.7 Å². The van der Waals surface area contributed by atoms with Gasteiger partial charge in [-0.3, -0.25) is 0 Å². The van der Waals surface area contributed by atoms with Crippen LogP contribution in [0.3, 0.4) is 0 Å². The molecule has 1 N–H and O–H groups in total. The molecule has 1 aromatic heterocycles. The molecule has 5 heteroatoms. The summed E-state index contributed by atoms with van der Waals surface area (Å²) in [7, 11) is 1.65. The molecule has 106 valence electrons. The fraction of sp³-hybridized carbons (Fsp3) is 0.571. The fourth-order valence-electron chi connectivity index (χ4n) is 2.21. The van der Waals surface area contributed by atoms with Crippen molar-refractivity contribution < 1.29 is 14.6 Å². The normalized spacial score (nSPS) is 10.7. The average Bonchev–Trinajstić information content (AvgIpc) is 2.43. The number of nitrogens with zero attached hydrogens (tertiary/aromatic N) is 2. The maximum absolute atomic E-state index is 11.3. The minimum Gasteiger partial charge on any atom is -0.476 e. The SMILES string of the molecule is CCC(CC)N(CCOC)c1cccnc1C(=O)O. The second-order valence-corrected chi connectivity index (χ2v) is 4.33. The van der Waals surface area contributed by atoms with E-state index in [2.05, 4.69) is 23.7 Å². The van der Waals surface area contributed by atoms with E-state index < -0.39 is 5.97 Å². The summed E-state index contributed by atoms with van der Waals surface area (Å²) < 4.78 is 5.12. The Morgan fingerprint density at radius 1 is 1.47 bits per heavy atom. The standard InChI is InChI=1S/C14H22N2O3/c1-4-11(5-2)16(9-10-19-3)12-7-6-8-15-13(12)14(17)18/h6-8,11H,4-5,9-10H2,1-3H3,(H,17,18). The van der Waals surface area contributed by atoms with Crippen molar-refractivity contribution in [1.82, 2.24) is 4.98 Å². The van der Waals surface area contributed by atoms with Crippen LogP contribution in [0.1, 0.15) is 37.2 Å². The first-order chi connectivity index (χ1) is 9.15. The van der Waals surface area contributed by atoms with Gasteiger partial charge in [0, 0.05) is 25.9 Å². The molecular weight excluding hydrogens is 244 g/mol. The summed E-state index contributed by atoms with van der Waals surface area (Å²) >= 11 is 0. The molecule has 0 fully saturated rings. The van der Waals surface area contributed by atoms with E-state index in [1.807, 2.05) is 6.07 Å². The Morgan fingerprint density at radius 3 is 2.68 bits per heavy atom. The second-order valence-electron chi connectivity index (χ2n) is 4.33. The fourth-order valence-corrected chi connectivity index (χ4v) is 2.21. The van der Waals surface area contributed by atoms with Gasteiger partial charge in [-0.05, 0) is 25.0 Å². The highest BCUT2D eigenvalue weighted by molar-refractivity contribution is 5.92. The van der Waals surface area contributed by atoms with Crippen LogP contribution in [0.4, 0.5) is 5.69 Å². The third-order valence-electron chi connectivity index (χ3n) is 3.22. The van der Waals surface area contributed by atoms with Crippen LogP contribution in [0.25, 0.3) is 0 Å². The van der Waals surface area contributed by atoms with Crippen molar-refractivity contribution in [2.75, 3.05) is 25.2 Å². The number of carbonyl (C=O) groups is 1. The summed E-state index contributed by atoms with van der Waals surface area (Å²) in [6, 6.07) is 3.87. The number of aromatic carboxylic acids is 1. The number of hydrogen-bond donors (Lipinski definition) is 1. The number of aromatic nitrogens is 1. The van der Waals surface area contributed by atoms with Crippen LogP contribution in [-0.2, 0) is 4.74 Å². The zero-order valence-electron chi connectivity index (χ0n) is 11.8. The molecule has 0 atom stereocenters. The van der Waals surface area contributed by atoms with Gasteiger partial charge in [-0.15, -0.1) is 0 Å². The zero-order chi connectivity index (χ0) is 14.3. The van der Waals surface area contributed by atoms with E-state index in [1.54, 1.807) is 13.2 Å². The lowest BCUT2D eigenvalue weighted by Gasteiger charge is -2.33. The Balaban J connectivity index is 3.12. The molecule has 0 bridgehead atoms. The number of carboxylic acid groups (broad SMARTS) is 1. The Labute approximate surface area is 114 Å². The van der Waals surface area contributed by atoms with Crippen LogP contribution in [0, 0.1) is 0 Å². The molecule has 0 aliphatic heterocycles. The summed E-state index contributed by atoms with van der Waals surface area (Å²) in [5.74, 6) is -0.996. The van der Waals surface area contributed by atoms with Crippen molar-refractivity contribution in [2.24, 2.45) is 0 Å².